The van der Waals surface area contributed by atoms with Crippen molar-refractivity contribution in [2.24, 2.45) is 0 Å². The number of nitrogens with one attached hydrogen (secondary N) is 1. The molecule has 0 aliphatic carbocycles. The van der Waals surface area contributed by atoms with Gasteiger partial charge in [-0.05, 0) is 59.5 Å². The number of piperidine rings is 1. The van der Waals surface area contributed by atoms with Crippen LogP contribution < -0.4 is 5.32 Å². The van der Waals surface area contributed by atoms with Crippen LogP contribution in [0.1, 0.15) is 28.8 Å². The Bertz CT molecular complexity index is 883. The Morgan fingerprint density at radius 3 is 2.46 bits per heavy atom. The molecule has 3 heteroatoms. The van der Waals surface area contributed by atoms with E-state index >= 15 is 0 Å². The van der Waals surface area contributed by atoms with Crippen molar-refractivity contribution in [3.8, 4) is 0 Å². The summed E-state index contributed by atoms with van der Waals surface area (Å²) in [6, 6.07) is 26.0. The van der Waals surface area contributed by atoms with Crippen LogP contribution in [0.2, 0.25) is 0 Å². The number of rotatable bonds is 4. The van der Waals surface area contributed by atoms with Crippen LogP contribution in [-0.2, 0) is 6.54 Å². The summed E-state index contributed by atoms with van der Waals surface area (Å²) >= 11 is 0. The molecular weight excluding hydrogens is 320 g/mol. The molecule has 1 heterocycles. The van der Waals surface area contributed by atoms with Crippen LogP contribution in [0, 0.1) is 6.07 Å². The summed E-state index contributed by atoms with van der Waals surface area (Å²) in [5.74, 6) is 0.145. The van der Waals surface area contributed by atoms with Crippen LogP contribution in [0.3, 0.4) is 0 Å². The van der Waals surface area contributed by atoms with Gasteiger partial charge in [0.05, 0.1) is 0 Å². The Hall–Kier alpha value is -2.65. The Morgan fingerprint density at radius 2 is 1.69 bits per heavy atom. The second-order valence-corrected chi connectivity index (χ2v) is 6.90. The summed E-state index contributed by atoms with van der Waals surface area (Å²) in [6.07, 6.45) is 1.98. The van der Waals surface area contributed by atoms with Gasteiger partial charge in [-0.25, -0.2) is 0 Å². The molecule has 1 N–H and O–H groups in total. The maximum atomic E-state index is 12.5. The normalized spacial score (nSPS) is 15.3. The topological polar surface area (TPSA) is 32.3 Å². The number of carbonyl (C=O) groups is 1. The molecule has 1 saturated heterocycles. The number of fused-ring (bicyclic) bond motifs is 1. The summed E-state index contributed by atoms with van der Waals surface area (Å²) in [5, 5.41) is 6.11. The number of nitrogens with zero attached hydrogens (tertiary/aromatic N) is 1. The lowest BCUT2D eigenvalue weighted by molar-refractivity contribution is 0.0704. The molecular formula is C23H23N2O. The van der Waals surface area contributed by atoms with Gasteiger partial charge in [-0.3, -0.25) is 4.79 Å². The van der Waals surface area contributed by atoms with Crippen LogP contribution in [0.5, 0.6) is 0 Å². The van der Waals surface area contributed by atoms with Gasteiger partial charge in [-0.1, -0.05) is 42.5 Å². The monoisotopic (exact) mass is 343 g/mol. The molecule has 0 spiro atoms. The lowest BCUT2D eigenvalue weighted by Crippen LogP contribution is -2.44. The summed E-state index contributed by atoms with van der Waals surface area (Å²) in [5.41, 5.74) is 1.97. The van der Waals surface area contributed by atoms with E-state index in [4.69, 9.17) is 0 Å². The van der Waals surface area contributed by atoms with E-state index in [1.807, 2.05) is 35.2 Å². The van der Waals surface area contributed by atoms with E-state index < -0.39 is 0 Å². The van der Waals surface area contributed by atoms with Crippen molar-refractivity contribution in [1.82, 2.24) is 10.2 Å². The summed E-state index contributed by atoms with van der Waals surface area (Å²) < 4.78 is 0. The summed E-state index contributed by atoms with van der Waals surface area (Å²) in [7, 11) is 0. The smallest absolute Gasteiger partial charge is 0.253 e. The first-order valence-corrected chi connectivity index (χ1v) is 9.27. The third-order valence-electron chi connectivity index (χ3n) is 5.12. The molecule has 0 bridgehead atoms. The molecule has 1 radical (unpaired) electrons. The van der Waals surface area contributed by atoms with Gasteiger partial charge in [0.1, 0.15) is 0 Å². The highest BCUT2D eigenvalue weighted by Crippen LogP contribution is 2.17. The quantitative estimate of drug-likeness (QED) is 0.775. The Balaban J connectivity index is 1.30. The third kappa shape index (κ3) is 3.78. The number of carbonyl (C=O) groups excluding carboxylic acids is 1. The molecule has 1 fully saturated rings. The highest BCUT2D eigenvalue weighted by molar-refractivity contribution is 5.94. The molecule has 0 unspecified atom stereocenters. The first-order chi connectivity index (χ1) is 12.8. The molecule has 3 aromatic carbocycles. The fourth-order valence-electron chi connectivity index (χ4n) is 3.58. The van der Waals surface area contributed by atoms with Crippen LogP contribution in [0.25, 0.3) is 10.8 Å². The SMILES string of the molecule is O=C(c1ccccc1)N1CCC(NCc2[c]cc3ccccc3c2)CC1. The van der Waals surface area contributed by atoms with E-state index in [9.17, 15) is 4.79 Å². The second kappa shape index (κ2) is 7.71. The fraction of sp³-hybridized carbons (Fsp3) is 0.261. The molecule has 3 nitrogen and oxygen atoms in total. The number of likely N-dealkylation sites (tertiary alicyclic amines) is 1. The molecule has 0 aromatic heterocycles. The first kappa shape index (κ1) is 16.8. The van der Waals surface area contributed by atoms with E-state index in [0.717, 1.165) is 38.0 Å². The summed E-state index contributed by atoms with van der Waals surface area (Å²) in [6.45, 7) is 2.45. The number of hydrogen-bond acceptors (Lipinski definition) is 2. The predicted octanol–water partition coefficient (Wildman–Crippen LogP) is 4.03. The maximum absolute atomic E-state index is 12.5. The van der Waals surface area contributed by atoms with E-state index in [2.05, 4.69) is 47.8 Å². The number of hydrogen-bond donors (Lipinski definition) is 1. The number of benzene rings is 3. The fourth-order valence-corrected chi connectivity index (χ4v) is 3.58. The third-order valence-corrected chi connectivity index (χ3v) is 5.12. The van der Waals surface area contributed by atoms with Gasteiger partial charge >= 0.3 is 0 Å². The van der Waals surface area contributed by atoms with Gasteiger partial charge in [0.25, 0.3) is 5.91 Å². The van der Waals surface area contributed by atoms with Crippen molar-refractivity contribution in [1.29, 1.82) is 0 Å². The molecule has 1 aliphatic heterocycles. The van der Waals surface area contributed by atoms with Crippen molar-refractivity contribution >= 4 is 16.7 Å². The second-order valence-electron chi connectivity index (χ2n) is 6.90. The van der Waals surface area contributed by atoms with E-state index in [0.29, 0.717) is 6.04 Å². The zero-order valence-electron chi connectivity index (χ0n) is 14.8. The van der Waals surface area contributed by atoms with Crippen LogP contribution in [0.15, 0.2) is 66.7 Å². The van der Waals surface area contributed by atoms with E-state index in [1.54, 1.807) is 0 Å². The Labute approximate surface area is 154 Å². The molecule has 26 heavy (non-hydrogen) atoms. The van der Waals surface area contributed by atoms with Gasteiger partial charge < -0.3 is 10.2 Å². The average Bonchev–Trinajstić information content (AvgIpc) is 2.72. The van der Waals surface area contributed by atoms with Crippen LogP contribution >= 0.6 is 0 Å². The minimum atomic E-state index is 0.145. The molecule has 1 aliphatic rings. The molecule has 1 amide bonds. The van der Waals surface area contributed by atoms with Crippen molar-refractivity contribution in [3.05, 3.63) is 83.9 Å². The standard InChI is InChI=1S/C23H23N2O/c26-23(20-7-2-1-3-8-20)25-14-12-22(13-15-25)24-17-18-10-11-19-6-4-5-9-21(19)16-18/h1-9,11,16,22,24H,12-15,17H2. The zero-order chi connectivity index (χ0) is 17.8. The van der Waals surface area contributed by atoms with Gasteiger partial charge in [-0.2, -0.15) is 0 Å². The van der Waals surface area contributed by atoms with Crippen LogP contribution in [-0.4, -0.2) is 29.9 Å². The van der Waals surface area contributed by atoms with E-state index in [1.165, 1.54) is 16.3 Å². The van der Waals surface area contributed by atoms with Gasteiger partial charge in [0.15, 0.2) is 0 Å². The minimum Gasteiger partial charge on any atom is -0.339 e. The average molecular weight is 343 g/mol. The maximum Gasteiger partial charge on any atom is 0.253 e. The van der Waals surface area contributed by atoms with Crippen molar-refractivity contribution in [3.63, 3.8) is 0 Å². The Morgan fingerprint density at radius 1 is 1.00 bits per heavy atom. The Kier molecular flexibility index (Phi) is 4.98. The lowest BCUT2D eigenvalue weighted by atomic mass is 10.0. The van der Waals surface area contributed by atoms with Crippen molar-refractivity contribution < 1.29 is 4.79 Å². The van der Waals surface area contributed by atoms with Gasteiger partial charge in [-0.15, -0.1) is 0 Å². The highest BCUT2D eigenvalue weighted by atomic mass is 16.2. The minimum absolute atomic E-state index is 0.145. The zero-order valence-corrected chi connectivity index (χ0v) is 14.8. The van der Waals surface area contributed by atoms with Crippen LogP contribution in [0.4, 0.5) is 0 Å². The molecule has 131 valence electrons. The lowest BCUT2D eigenvalue weighted by Gasteiger charge is -2.32. The predicted molar refractivity (Wildman–Crippen MR) is 105 cm³/mol. The van der Waals surface area contributed by atoms with Gasteiger partial charge in [0.2, 0.25) is 0 Å². The molecule has 0 saturated carbocycles. The largest absolute Gasteiger partial charge is 0.339 e. The molecule has 0 atom stereocenters. The highest BCUT2D eigenvalue weighted by Gasteiger charge is 2.23. The van der Waals surface area contributed by atoms with Gasteiger partial charge in [0, 0.05) is 31.2 Å². The summed E-state index contributed by atoms with van der Waals surface area (Å²) in [4.78, 5) is 14.5. The number of amides is 1. The molecule has 3 aromatic rings. The van der Waals surface area contributed by atoms with Crippen molar-refractivity contribution in [2.45, 2.75) is 25.4 Å². The first-order valence-electron chi connectivity index (χ1n) is 9.27. The van der Waals surface area contributed by atoms with E-state index in [-0.39, 0.29) is 5.91 Å². The molecule has 4 rings (SSSR count). The van der Waals surface area contributed by atoms with Crippen molar-refractivity contribution in [2.75, 3.05) is 13.1 Å².